The average Bonchev–Trinajstić information content (AvgIpc) is 2.43. The van der Waals surface area contributed by atoms with E-state index in [1.165, 1.54) is 35.3 Å². The predicted molar refractivity (Wildman–Crippen MR) is 82.2 cm³/mol. The van der Waals surface area contributed by atoms with E-state index in [9.17, 15) is 5.11 Å². The highest BCUT2D eigenvalue weighted by Crippen LogP contribution is 2.23. The van der Waals surface area contributed by atoms with Crippen LogP contribution in [0, 0.1) is 20.8 Å². The standard InChI is InChI=1S/C17H26N2O/c1-12-8-13(2)15(14(3)9-12)10-17(20)16-11-18-4-6-19(16)7-5-18/h8-9,16-17,20H,4-7,10-11H2,1-3H3. The number of rotatable bonds is 3. The normalized spacial score (nSPS) is 30.5. The minimum Gasteiger partial charge on any atom is -0.391 e. The Hall–Kier alpha value is -0.900. The summed E-state index contributed by atoms with van der Waals surface area (Å²) < 4.78 is 0. The van der Waals surface area contributed by atoms with E-state index in [0.717, 1.165) is 26.1 Å². The van der Waals surface area contributed by atoms with E-state index in [2.05, 4.69) is 42.7 Å². The third-order valence-electron chi connectivity index (χ3n) is 5.02. The van der Waals surface area contributed by atoms with Crippen LogP contribution in [-0.2, 0) is 6.42 Å². The topological polar surface area (TPSA) is 26.7 Å². The molecule has 1 aromatic carbocycles. The quantitative estimate of drug-likeness (QED) is 0.905. The number of aliphatic hydroxyl groups excluding tert-OH is 1. The molecule has 2 atom stereocenters. The lowest BCUT2D eigenvalue weighted by molar-refractivity contribution is -0.0454. The van der Waals surface area contributed by atoms with Gasteiger partial charge in [-0.2, -0.15) is 0 Å². The van der Waals surface area contributed by atoms with E-state index < -0.39 is 0 Å². The molecule has 3 aliphatic heterocycles. The van der Waals surface area contributed by atoms with Gasteiger partial charge in [-0.1, -0.05) is 17.7 Å². The molecule has 3 heterocycles. The van der Waals surface area contributed by atoms with E-state index in [4.69, 9.17) is 0 Å². The summed E-state index contributed by atoms with van der Waals surface area (Å²) in [6, 6.07) is 4.77. The van der Waals surface area contributed by atoms with Gasteiger partial charge >= 0.3 is 0 Å². The molecule has 4 rings (SSSR count). The lowest BCUT2D eigenvalue weighted by Crippen LogP contribution is -2.64. The van der Waals surface area contributed by atoms with Crippen molar-refractivity contribution in [3.05, 3.63) is 34.4 Å². The number of aliphatic hydroxyl groups is 1. The van der Waals surface area contributed by atoms with Crippen LogP contribution < -0.4 is 0 Å². The number of nitrogens with zero attached hydrogens (tertiary/aromatic N) is 2. The Morgan fingerprint density at radius 1 is 1.10 bits per heavy atom. The summed E-state index contributed by atoms with van der Waals surface area (Å²) in [6.07, 6.45) is 0.533. The van der Waals surface area contributed by atoms with Crippen molar-refractivity contribution in [3.63, 3.8) is 0 Å². The van der Waals surface area contributed by atoms with Crippen molar-refractivity contribution in [2.45, 2.75) is 39.3 Å². The lowest BCUT2D eigenvalue weighted by atomic mass is 9.91. The van der Waals surface area contributed by atoms with Crippen LogP contribution in [0.1, 0.15) is 22.3 Å². The van der Waals surface area contributed by atoms with Crippen LogP contribution in [0.2, 0.25) is 0 Å². The third kappa shape index (κ3) is 2.62. The predicted octanol–water partition coefficient (Wildman–Crippen LogP) is 1.52. The molecule has 0 spiro atoms. The largest absolute Gasteiger partial charge is 0.391 e. The van der Waals surface area contributed by atoms with E-state index >= 15 is 0 Å². The molecule has 110 valence electrons. The van der Waals surface area contributed by atoms with Crippen LogP contribution in [0.25, 0.3) is 0 Å². The van der Waals surface area contributed by atoms with Gasteiger partial charge in [-0.05, 0) is 37.5 Å². The maximum Gasteiger partial charge on any atom is 0.0748 e. The molecule has 2 unspecified atom stereocenters. The SMILES string of the molecule is Cc1cc(C)c(CC(O)C2CN3CCN2CC3)c(C)c1. The molecule has 3 saturated heterocycles. The average molecular weight is 274 g/mol. The van der Waals surface area contributed by atoms with Crippen molar-refractivity contribution < 1.29 is 5.11 Å². The van der Waals surface area contributed by atoms with Crippen LogP contribution in [0.3, 0.4) is 0 Å². The van der Waals surface area contributed by atoms with Gasteiger partial charge in [-0.15, -0.1) is 0 Å². The molecule has 1 aromatic rings. The molecule has 0 aromatic heterocycles. The molecule has 2 bridgehead atoms. The highest BCUT2D eigenvalue weighted by Gasteiger charge is 2.36. The summed E-state index contributed by atoms with van der Waals surface area (Å²) in [7, 11) is 0. The minimum absolute atomic E-state index is 0.252. The first-order chi connectivity index (χ1) is 9.54. The van der Waals surface area contributed by atoms with E-state index in [0.29, 0.717) is 6.04 Å². The van der Waals surface area contributed by atoms with Gasteiger partial charge in [0.1, 0.15) is 0 Å². The van der Waals surface area contributed by atoms with Crippen molar-refractivity contribution in [2.75, 3.05) is 32.7 Å². The molecule has 20 heavy (non-hydrogen) atoms. The van der Waals surface area contributed by atoms with Crippen molar-refractivity contribution in [3.8, 4) is 0 Å². The molecular weight excluding hydrogens is 248 g/mol. The van der Waals surface area contributed by atoms with Crippen LogP contribution in [0.4, 0.5) is 0 Å². The smallest absolute Gasteiger partial charge is 0.0748 e. The van der Waals surface area contributed by atoms with Gasteiger partial charge in [-0.3, -0.25) is 9.80 Å². The first kappa shape index (κ1) is 14.1. The van der Waals surface area contributed by atoms with Crippen molar-refractivity contribution in [1.29, 1.82) is 0 Å². The second-order valence-electron chi connectivity index (χ2n) is 6.55. The van der Waals surface area contributed by atoms with Crippen LogP contribution >= 0.6 is 0 Å². The second kappa shape index (κ2) is 5.47. The Labute approximate surface area is 122 Å². The Morgan fingerprint density at radius 3 is 2.20 bits per heavy atom. The molecule has 0 saturated carbocycles. The third-order valence-corrected chi connectivity index (χ3v) is 5.02. The fourth-order valence-corrected chi connectivity index (χ4v) is 3.90. The molecular formula is C17H26N2O. The zero-order chi connectivity index (χ0) is 14.3. The zero-order valence-corrected chi connectivity index (χ0v) is 12.9. The number of aryl methyl sites for hydroxylation is 3. The van der Waals surface area contributed by atoms with Crippen molar-refractivity contribution in [2.24, 2.45) is 0 Å². The second-order valence-corrected chi connectivity index (χ2v) is 6.55. The van der Waals surface area contributed by atoms with E-state index in [1.807, 2.05) is 0 Å². The maximum absolute atomic E-state index is 10.7. The van der Waals surface area contributed by atoms with Crippen molar-refractivity contribution in [1.82, 2.24) is 9.80 Å². The number of fused-ring (bicyclic) bond motifs is 3. The monoisotopic (exact) mass is 274 g/mol. The summed E-state index contributed by atoms with van der Waals surface area (Å²) in [6.45, 7) is 12.1. The van der Waals surface area contributed by atoms with Crippen molar-refractivity contribution >= 4 is 0 Å². The fourth-order valence-electron chi connectivity index (χ4n) is 3.90. The molecule has 3 fully saturated rings. The highest BCUT2D eigenvalue weighted by atomic mass is 16.3. The zero-order valence-electron chi connectivity index (χ0n) is 12.9. The van der Waals surface area contributed by atoms with Gasteiger partial charge in [0.05, 0.1) is 6.10 Å². The lowest BCUT2D eigenvalue weighted by Gasteiger charge is -2.49. The molecule has 0 radical (unpaired) electrons. The number of hydrogen-bond acceptors (Lipinski definition) is 3. The molecule has 3 heteroatoms. The number of benzene rings is 1. The van der Waals surface area contributed by atoms with Crippen LogP contribution in [-0.4, -0.2) is 59.8 Å². The van der Waals surface area contributed by atoms with Gasteiger partial charge in [0.2, 0.25) is 0 Å². The first-order valence-corrected chi connectivity index (χ1v) is 7.76. The van der Waals surface area contributed by atoms with Crippen LogP contribution in [0.5, 0.6) is 0 Å². The maximum atomic E-state index is 10.7. The molecule has 3 nitrogen and oxygen atoms in total. The Kier molecular flexibility index (Phi) is 3.85. The molecule has 1 N–H and O–H groups in total. The van der Waals surface area contributed by atoms with Gasteiger partial charge in [0, 0.05) is 45.2 Å². The Balaban J connectivity index is 1.75. The van der Waals surface area contributed by atoms with E-state index in [-0.39, 0.29) is 6.10 Å². The summed E-state index contributed by atoms with van der Waals surface area (Å²) >= 11 is 0. The first-order valence-electron chi connectivity index (χ1n) is 7.76. The van der Waals surface area contributed by atoms with E-state index in [1.54, 1.807) is 0 Å². The number of hydrogen-bond donors (Lipinski definition) is 1. The van der Waals surface area contributed by atoms with Gasteiger partial charge in [0.15, 0.2) is 0 Å². The molecule has 3 aliphatic rings. The van der Waals surface area contributed by atoms with Gasteiger partial charge in [0.25, 0.3) is 0 Å². The molecule has 0 amide bonds. The summed E-state index contributed by atoms with van der Waals surface area (Å²) in [5, 5.41) is 10.7. The van der Waals surface area contributed by atoms with Gasteiger partial charge < -0.3 is 5.11 Å². The Bertz CT molecular complexity index is 469. The van der Waals surface area contributed by atoms with Gasteiger partial charge in [-0.25, -0.2) is 0 Å². The fraction of sp³-hybridized carbons (Fsp3) is 0.647. The number of piperazine rings is 3. The Morgan fingerprint density at radius 2 is 1.70 bits per heavy atom. The summed E-state index contributed by atoms with van der Waals surface area (Å²) in [5.74, 6) is 0. The minimum atomic E-state index is -0.252. The molecule has 0 aliphatic carbocycles. The summed E-state index contributed by atoms with van der Waals surface area (Å²) in [5.41, 5.74) is 5.28. The highest BCUT2D eigenvalue weighted by molar-refractivity contribution is 5.38. The van der Waals surface area contributed by atoms with Crippen LogP contribution in [0.15, 0.2) is 12.1 Å². The summed E-state index contributed by atoms with van der Waals surface area (Å²) in [4.78, 5) is 4.96.